The molecule has 0 aromatic heterocycles. The SMILES string of the molecule is CC(Br)C[C@@H](O)CC(=O)O. The van der Waals surface area contributed by atoms with Crippen LogP contribution in [0.2, 0.25) is 0 Å². The smallest absolute Gasteiger partial charge is 0.305 e. The lowest BCUT2D eigenvalue weighted by Gasteiger charge is -2.08. The molecule has 0 radical (unpaired) electrons. The molecule has 2 N–H and O–H groups in total. The highest BCUT2D eigenvalue weighted by molar-refractivity contribution is 9.09. The topological polar surface area (TPSA) is 57.5 Å². The van der Waals surface area contributed by atoms with E-state index in [1.54, 1.807) is 0 Å². The van der Waals surface area contributed by atoms with E-state index in [-0.39, 0.29) is 11.2 Å². The van der Waals surface area contributed by atoms with Gasteiger partial charge in [0, 0.05) is 4.83 Å². The highest BCUT2D eigenvalue weighted by atomic mass is 79.9. The highest BCUT2D eigenvalue weighted by Crippen LogP contribution is 2.08. The maximum atomic E-state index is 10.0. The van der Waals surface area contributed by atoms with Crippen LogP contribution in [0.5, 0.6) is 0 Å². The number of hydrogen-bond donors (Lipinski definition) is 2. The second-order valence-electron chi connectivity index (χ2n) is 2.27. The van der Waals surface area contributed by atoms with Crippen molar-refractivity contribution >= 4 is 21.9 Å². The van der Waals surface area contributed by atoms with Crippen LogP contribution in [0.15, 0.2) is 0 Å². The van der Waals surface area contributed by atoms with E-state index in [1.807, 2.05) is 6.92 Å². The Bertz CT molecular complexity index is 114. The van der Waals surface area contributed by atoms with Crippen LogP contribution in [-0.2, 0) is 4.79 Å². The monoisotopic (exact) mass is 210 g/mol. The summed E-state index contributed by atoms with van der Waals surface area (Å²) in [6.07, 6.45) is -0.422. The van der Waals surface area contributed by atoms with Crippen LogP contribution in [0, 0.1) is 0 Å². The first kappa shape index (κ1) is 9.91. The van der Waals surface area contributed by atoms with Gasteiger partial charge in [-0.1, -0.05) is 22.9 Å². The van der Waals surface area contributed by atoms with Crippen LogP contribution in [0.25, 0.3) is 0 Å². The van der Waals surface area contributed by atoms with Gasteiger partial charge in [0.2, 0.25) is 0 Å². The van der Waals surface area contributed by atoms with E-state index < -0.39 is 12.1 Å². The third-order valence-electron chi connectivity index (χ3n) is 1.01. The minimum absolute atomic E-state index is 0.168. The molecule has 2 atom stereocenters. The zero-order valence-corrected chi connectivity index (χ0v) is 7.34. The first-order valence-electron chi connectivity index (χ1n) is 3.06. The van der Waals surface area contributed by atoms with E-state index in [2.05, 4.69) is 15.9 Å². The summed E-state index contributed by atoms with van der Waals surface area (Å²) in [4.78, 5) is 10.2. The molecule has 0 aromatic carbocycles. The summed E-state index contributed by atoms with van der Waals surface area (Å²) in [5, 5.41) is 17.2. The predicted molar refractivity (Wildman–Crippen MR) is 41.3 cm³/mol. The number of aliphatic hydroxyl groups is 1. The summed E-state index contributed by atoms with van der Waals surface area (Å²) in [7, 11) is 0. The molecule has 0 spiro atoms. The molecular weight excluding hydrogens is 200 g/mol. The number of halogens is 1. The minimum atomic E-state index is -0.958. The van der Waals surface area contributed by atoms with Gasteiger partial charge in [-0.3, -0.25) is 4.79 Å². The molecule has 0 aliphatic rings. The molecule has 0 aromatic rings. The predicted octanol–water partition coefficient (Wildman–Crippen LogP) is 0.996. The van der Waals surface area contributed by atoms with Gasteiger partial charge in [-0.2, -0.15) is 0 Å². The van der Waals surface area contributed by atoms with Gasteiger partial charge in [0.25, 0.3) is 0 Å². The Balaban J connectivity index is 3.43. The average Bonchev–Trinajstić information content (AvgIpc) is 1.58. The number of alkyl halides is 1. The Hall–Kier alpha value is -0.0900. The van der Waals surface area contributed by atoms with Gasteiger partial charge in [-0.05, 0) is 6.42 Å². The largest absolute Gasteiger partial charge is 0.481 e. The fraction of sp³-hybridized carbons (Fsp3) is 0.833. The standard InChI is InChI=1S/C6H11BrO3/c1-4(7)2-5(8)3-6(9)10/h4-5,8H,2-3H2,1H3,(H,9,10)/t4?,5-/m1/s1. The summed E-state index contributed by atoms with van der Waals surface area (Å²) in [5.41, 5.74) is 0. The molecular formula is C6H11BrO3. The molecule has 0 bridgehead atoms. The summed E-state index contributed by atoms with van der Waals surface area (Å²) in [6.45, 7) is 1.87. The quantitative estimate of drug-likeness (QED) is 0.682. The van der Waals surface area contributed by atoms with Gasteiger partial charge in [-0.15, -0.1) is 0 Å². The van der Waals surface area contributed by atoms with E-state index in [0.717, 1.165) is 0 Å². The molecule has 0 aliphatic heterocycles. The Kier molecular flexibility index (Phi) is 4.64. The first-order chi connectivity index (χ1) is 4.52. The molecule has 3 nitrogen and oxygen atoms in total. The molecule has 4 heteroatoms. The van der Waals surface area contributed by atoms with Gasteiger partial charge in [0.1, 0.15) is 0 Å². The molecule has 0 aliphatic carbocycles. The van der Waals surface area contributed by atoms with Crippen molar-refractivity contribution in [3.63, 3.8) is 0 Å². The van der Waals surface area contributed by atoms with E-state index in [1.165, 1.54) is 0 Å². The van der Waals surface area contributed by atoms with Crippen molar-refractivity contribution in [2.75, 3.05) is 0 Å². The Morgan fingerprint density at radius 3 is 2.50 bits per heavy atom. The maximum Gasteiger partial charge on any atom is 0.305 e. The van der Waals surface area contributed by atoms with Crippen LogP contribution in [0.4, 0.5) is 0 Å². The normalized spacial score (nSPS) is 16.3. The molecule has 0 fully saturated rings. The van der Waals surface area contributed by atoms with Crippen molar-refractivity contribution in [3.05, 3.63) is 0 Å². The summed E-state index contributed by atoms with van der Waals surface area (Å²) < 4.78 is 0. The lowest BCUT2D eigenvalue weighted by molar-refractivity contribution is -0.139. The molecule has 10 heavy (non-hydrogen) atoms. The van der Waals surface area contributed by atoms with Gasteiger partial charge < -0.3 is 10.2 Å². The second-order valence-corrected chi connectivity index (χ2v) is 3.83. The van der Waals surface area contributed by atoms with E-state index >= 15 is 0 Å². The van der Waals surface area contributed by atoms with Crippen LogP contribution >= 0.6 is 15.9 Å². The van der Waals surface area contributed by atoms with Crippen LogP contribution in [0.3, 0.4) is 0 Å². The highest BCUT2D eigenvalue weighted by Gasteiger charge is 2.11. The third kappa shape index (κ3) is 6.04. The lowest BCUT2D eigenvalue weighted by atomic mass is 10.1. The van der Waals surface area contributed by atoms with Gasteiger partial charge >= 0.3 is 5.97 Å². The molecule has 1 unspecified atom stereocenters. The number of aliphatic hydroxyl groups excluding tert-OH is 1. The number of hydrogen-bond acceptors (Lipinski definition) is 2. The number of carboxylic acids is 1. The Labute approximate surface area is 68.2 Å². The van der Waals surface area contributed by atoms with Crippen LogP contribution in [-0.4, -0.2) is 27.1 Å². The maximum absolute atomic E-state index is 10.0. The van der Waals surface area contributed by atoms with E-state index in [0.29, 0.717) is 6.42 Å². The Morgan fingerprint density at radius 1 is 1.70 bits per heavy atom. The van der Waals surface area contributed by atoms with Crippen molar-refractivity contribution in [2.24, 2.45) is 0 Å². The van der Waals surface area contributed by atoms with Crippen molar-refractivity contribution in [1.29, 1.82) is 0 Å². The third-order valence-corrected chi connectivity index (χ3v) is 1.38. The summed E-state index contributed by atoms with van der Waals surface area (Å²) in [6, 6.07) is 0. The molecule has 0 amide bonds. The van der Waals surface area contributed by atoms with Crippen molar-refractivity contribution in [3.8, 4) is 0 Å². The fourth-order valence-corrected chi connectivity index (χ4v) is 1.09. The zero-order valence-electron chi connectivity index (χ0n) is 5.75. The summed E-state index contributed by atoms with van der Waals surface area (Å²) >= 11 is 3.21. The van der Waals surface area contributed by atoms with Crippen LogP contribution < -0.4 is 0 Å². The number of rotatable bonds is 4. The molecule has 0 rings (SSSR count). The number of carboxylic acid groups (broad SMARTS) is 1. The zero-order chi connectivity index (χ0) is 8.15. The molecule has 60 valence electrons. The van der Waals surface area contributed by atoms with Crippen molar-refractivity contribution < 1.29 is 15.0 Å². The molecule has 0 saturated heterocycles. The lowest BCUT2D eigenvalue weighted by Crippen LogP contribution is -2.15. The Morgan fingerprint density at radius 2 is 2.20 bits per heavy atom. The fourth-order valence-electron chi connectivity index (χ4n) is 0.660. The average molecular weight is 211 g/mol. The van der Waals surface area contributed by atoms with Gasteiger partial charge in [0.05, 0.1) is 12.5 Å². The van der Waals surface area contributed by atoms with Gasteiger partial charge in [0.15, 0.2) is 0 Å². The van der Waals surface area contributed by atoms with Crippen molar-refractivity contribution in [2.45, 2.75) is 30.7 Å². The minimum Gasteiger partial charge on any atom is -0.481 e. The second kappa shape index (κ2) is 4.68. The van der Waals surface area contributed by atoms with Gasteiger partial charge in [-0.25, -0.2) is 0 Å². The van der Waals surface area contributed by atoms with Crippen molar-refractivity contribution in [1.82, 2.24) is 0 Å². The van der Waals surface area contributed by atoms with E-state index in [4.69, 9.17) is 10.2 Å². The first-order valence-corrected chi connectivity index (χ1v) is 3.98. The summed E-state index contributed by atoms with van der Waals surface area (Å²) in [5.74, 6) is -0.958. The number of carbonyl (C=O) groups is 1. The molecule has 0 heterocycles. The molecule has 0 saturated carbocycles. The number of aliphatic carboxylic acids is 1. The van der Waals surface area contributed by atoms with E-state index in [9.17, 15) is 4.79 Å². The van der Waals surface area contributed by atoms with Crippen LogP contribution in [0.1, 0.15) is 19.8 Å².